The van der Waals surface area contributed by atoms with Crippen LogP contribution in [0.25, 0.3) is 0 Å². The third kappa shape index (κ3) is 2.58. The summed E-state index contributed by atoms with van der Waals surface area (Å²) in [6, 6.07) is 2.99. The van der Waals surface area contributed by atoms with Crippen molar-refractivity contribution in [1.82, 2.24) is 9.78 Å². The highest BCUT2D eigenvalue weighted by Gasteiger charge is 2.21. The number of ketones is 1. The van der Waals surface area contributed by atoms with Gasteiger partial charge in [0.05, 0.1) is 19.3 Å². The molecule has 1 atom stereocenters. The largest absolute Gasteiger partial charge is 0.496 e. The van der Waals surface area contributed by atoms with Crippen LogP contribution < -0.4 is 10.5 Å². The molecule has 20 heavy (non-hydrogen) atoms. The Labute approximate surface area is 118 Å². The van der Waals surface area contributed by atoms with Crippen LogP contribution in [0, 0.1) is 13.8 Å². The Morgan fingerprint density at radius 1 is 1.35 bits per heavy atom. The SMILES string of the molecule is COc1cc(C)c(C(=O)C(N)c2cnn(C)c2)cc1C. The van der Waals surface area contributed by atoms with Crippen molar-refractivity contribution in [2.24, 2.45) is 12.8 Å². The summed E-state index contributed by atoms with van der Waals surface area (Å²) in [5, 5.41) is 4.05. The number of aryl methyl sites for hydroxylation is 3. The third-order valence-corrected chi connectivity index (χ3v) is 3.37. The Hall–Kier alpha value is -2.14. The van der Waals surface area contributed by atoms with Crippen molar-refractivity contribution in [2.75, 3.05) is 7.11 Å². The molecule has 0 aliphatic heterocycles. The van der Waals surface area contributed by atoms with Crippen molar-refractivity contribution in [3.8, 4) is 5.75 Å². The summed E-state index contributed by atoms with van der Waals surface area (Å²) < 4.78 is 6.89. The van der Waals surface area contributed by atoms with E-state index in [1.165, 1.54) is 0 Å². The lowest BCUT2D eigenvalue weighted by Crippen LogP contribution is -2.22. The smallest absolute Gasteiger partial charge is 0.184 e. The fourth-order valence-corrected chi connectivity index (χ4v) is 2.19. The number of nitrogens with two attached hydrogens (primary N) is 1. The number of Topliss-reactive ketones (excluding diaryl/α,β-unsaturated/α-hetero) is 1. The molecule has 1 aromatic carbocycles. The fraction of sp³-hybridized carbons (Fsp3) is 0.333. The summed E-state index contributed by atoms with van der Waals surface area (Å²) in [6.07, 6.45) is 3.38. The van der Waals surface area contributed by atoms with E-state index in [1.807, 2.05) is 26.0 Å². The predicted molar refractivity (Wildman–Crippen MR) is 76.9 cm³/mol. The molecule has 1 heterocycles. The zero-order valence-corrected chi connectivity index (χ0v) is 12.2. The quantitative estimate of drug-likeness (QED) is 0.864. The molecule has 0 radical (unpaired) electrons. The molecule has 0 bridgehead atoms. The minimum Gasteiger partial charge on any atom is -0.496 e. The zero-order valence-electron chi connectivity index (χ0n) is 12.2. The number of aromatic nitrogens is 2. The molecule has 0 spiro atoms. The molecular formula is C15H19N3O2. The Balaban J connectivity index is 2.36. The predicted octanol–water partition coefficient (Wildman–Crippen LogP) is 1.93. The molecule has 5 nitrogen and oxygen atoms in total. The normalized spacial score (nSPS) is 12.2. The summed E-state index contributed by atoms with van der Waals surface area (Å²) in [5.41, 5.74) is 9.15. The van der Waals surface area contributed by atoms with Gasteiger partial charge in [-0.2, -0.15) is 5.10 Å². The minimum absolute atomic E-state index is 0.110. The average Bonchev–Trinajstić information content (AvgIpc) is 2.85. The second-order valence-corrected chi connectivity index (χ2v) is 4.93. The molecule has 106 valence electrons. The van der Waals surface area contributed by atoms with E-state index < -0.39 is 6.04 Å². The first-order chi connectivity index (χ1) is 9.43. The van der Waals surface area contributed by atoms with Crippen molar-refractivity contribution in [3.63, 3.8) is 0 Å². The van der Waals surface area contributed by atoms with E-state index in [1.54, 1.807) is 31.2 Å². The highest BCUT2D eigenvalue weighted by atomic mass is 16.5. The van der Waals surface area contributed by atoms with Gasteiger partial charge in [0.25, 0.3) is 0 Å². The first-order valence-electron chi connectivity index (χ1n) is 6.37. The van der Waals surface area contributed by atoms with Crippen LogP contribution in [0.15, 0.2) is 24.5 Å². The number of rotatable bonds is 4. The van der Waals surface area contributed by atoms with Crippen LogP contribution in [0.2, 0.25) is 0 Å². The highest BCUT2D eigenvalue weighted by Crippen LogP contribution is 2.25. The number of methoxy groups -OCH3 is 1. The van der Waals surface area contributed by atoms with Crippen LogP contribution in [-0.2, 0) is 7.05 Å². The van der Waals surface area contributed by atoms with Crippen LogP contribution >= 0.6 is 0 Å². The molecule has 2 rings (SSSR count). The van der Waals surface area contributed by atoms with Crippen molar-refractivity contribution in [2.45, 2.75) is 19.9 Å². The Kier molecular flexibility index (Phi) is 3.90. The highest BCUT2D eigenvalue weighted by molar-refractivity contribution is 6.02. The first kappa shape index (κ1) is 14.3. The number of ether oxygens (including phenoxy) is 1. The maximum absolute atomic E-state index is 12.5. The molecule has 0 fully saturated rings. The van der Waals surface area contributed by atoms with Crippen LogP contribution in [0.4, 0.5) is 0 Å². The number of carbonyl (C=O) groups is 1. The van der Waals surface area contributed by atoms with E-state index in [-0.39, 0.29) is 5.78 Å². The van der Waals surface area contributed by atoms with Gasteiger partial charge in [-0.1, -0.05) is 0 Å². The standard InChI is InChI=1S/C15H19N3O2/c1-9-6-13(20-4)10(2)5-12(9)15(19)14(16)11-7-17-18(3)8-11/h5-8,14H,16H2,1-4H3. The van der Waals surface area contributed by atoms with Gasteiger partial charge in [-0.15, -0.1) is 0 Å². The lowest BCUT2D eigenvalue weighted by Gasteiger charge is -2.13. The Morgan fingerprint density at radius 2 is 2.05 bits per heavy atom. The lowest BCUT2D eigenvalue weighted by molar-refractivity contribution is 0.0960. The van der Waals surface area contributed by atoms with Crippen LogP contribution in [0.5, 0.6) is 5.75 Å². The van der Waals surface area contributed by atoms with Gasteiger partial charge < -0.3 is 10.5 Å². The van der Waals surface area contributed by atoms with E-state index in [4.69, 9.17) is 10.5 Å². The molecule has 1 aromatic heterocycles. The molecule has 2 aromatic rings. The molecule has 1 unspecified atom stereocenters. The number of benzene rings is 1. The molecule has 5 heteroatoms. The second-order valence-electron chi connectivity index (χ2n) is 4.93. The summed E-state index contributed by atoms with van der Waals surface area (Å²) in [4.78, 5) is 12.5. The van der Waals surface area contributed by atoms with Gasteiger partial charge in [-0.05, 0) is 37.1 Å². The molecule has 0 saturated carbocycles. The van der Waals surface area contributed by atoms with E-state index in [0.717, 1.165) is 16.9 Å². The molecule has 0 amide bonds. The van der Waals surface area contributed by atoms with E-state index in [0.29, 0.717) is 11.1 Å². The fourth-order valence-electron chi connectivity index (χ4n) is 2.19. The topological polar surface area (TPSA) is 70.1 Å². The first-order valence-corrected chi connectivity index (χ1v) is 6.37. The minimum atomic E-state index is -0.699. The van der Waals surface area contributed by atoms with Gasteiger partial charge in [-0.25, -0.2) is 0 Å². The van der Waals surface area contributed by atoms with Crippen molar-refractivity contribution >= 4 is 5.78 Å². The average molecular weight is 273 g/mol. The number of hydrogen-bond donors (Lipinski definition) is 1. The lowest BCUT2D eigenvalue weighted by atomic mass is 9.95. The van der Waals surface area contributed by atoms with Crippen molar-refractivity contribution in [1.29, 1.82) is 0 Å². The van der Waals surface area contributed by atoms with E-state index >= 15 is 0 Å². The monoisotopic (exact) mass is 273 g/mol. The Morgan fingerprint density at radius 3 is 2.60 bits per heavy atom. The number of hydrogen-bond acceptors (Lipinski definition) is 4. The van der Waals surface area contributed by atoms with E-state index in [9.17, 15) is 4.79 Å². The maximum atomic E-state index is 12.5. The van der Waals surface area contributed by atoms with Gasteiger partial charge in [0, 0.05) is 24.4 Å². The summed E-state index contributed by atoms with van der Waals surface area (Å²) in [6.45, 7) is 3.79. The molecule has 0 aliphatic carbocycles. The van der Waals surface area contributed by atoms with E-state index in [2.05, 4.69) is 5.10 Å². The third-order valence-electron chi connectivity index (χ3n) is 3.37. The molecule has 0 saturated heterocycles. The molecule has 0 aliphatic rings. The van der Waals surface area contributed by atoms with Gasteiger partial charge in [-0.3, -0.25) is 9.48 Å². The van der Waals surface area contributed by atoms with Crippen molar-refractivity contribution < 1.29 is 9.53 Å². The van der Waals surface area contributed by atoms with Gasteiger partial charge in [0.15, 0.2) is 5.78 Å². The summed E-state index contributed by atoms with van der Waals surface area (Å²) in [7, 11) is 3.41. The van der Waals surface area contributed by atoms with Crippen LogP contribution in [0.1, 0.15) is 33.1 Å². The maximum Gasteiger partial charge on any atom is 0.184 e. The molecule has 2 N–H and O–H groups in total. The van der Waals surface area contributed by atoms with Gasteiger partial charge in [0.2, 0.25) is 0 Å². The summed E-state index contributed by atoms with van der Waals surface area (Å²) in [5.74, 6) is 0.662. The number of carbonyl (C=O) groups excluding carboxylic acids is 1. The zero-order chi connectivity index (χ0) is 14.9. The molecular weight excluding hydrogens is 254 g/mol. The van der Waals surface area contributed by atoms with Gasteiger partial charge >= 0.3 is 0 Å². The summed E-state index contributed by atoms with van der Waals surface area (Å²) >= 11 is 0. The second kappa shape index (κ2) is 5.46. The van der Waals surface area contributed by atoms with Crippen molar-refractivity contribution in [3.05, 3.63) is 46.8 Å². The van der Waals surface area contributed by atoms with Crippen LogP contribution in [-0.4, -0.2) is 22.7 Å². The van der Waals surface area contributed by atoms with Crippen LogP contribution in [0.3, 0.4) is 0 Å². The Bertz CT molecular complexity index is 647. The number of nitrogens with zero attached hydrogens (tertiary/aromatic N) is 2. The van der Waals surface area contributed by atoms with Gasteiger partial charge in [0.1, 0.15) is 5.75 Å².